The van der Waals surface area contributed by atoms with Gasteiger partial charge in [0.15, 0.2) is 4.90 Å². The van der Waals surface area contributed by atoms with Gasteiger partial charge in [0.2, 0.25) is 0 Å². The number of nitrogens with one attached hydrogen (secondary N) is 1. The van der Waals surface area contributed by atoms with Gasteiger partial charge in [-0.3, -0.25) is 14.9 Å². The third-order valence-corrected chi connectivity index (χ3v) is 2.65. The van der Waals surface area contributed by atoms with Gasteiger partial charge >= 0.3 is 0 Å². The lowest BCUT2D eigenvalue weighted by atomic mass is 10.4. The number of aromatic nitrogens is 1. The van der Waals surface area contributed by atoms with E-state index in [2.05, 4.69) is 0 Å². The van der Waals surface area contributed by atoms with Crippen molar-refractivity contribution in [2.24, 2.45) is 0 Å². The Morgan fingerprint density at radius 2 is 2.07 bits per heavy atom. The highest BCUT2D eigenvalue weighted by atomic mass is 35.7. The van der Waals surface area contributed by atoms with E-state index in [1.807, 2.05) is 4.98 Å². The molecule has 0 fully saturated rings. The van der Waals surface area contributed by atoms with Crippen LogP contribution in [-0.4, -0.2) is 18.3 Å². The number of halogens is 1. The molecular formula is C5H3ClN2O5S. The molecule has 0 radical (unpaired) electrons. The van der Waals surface area contributed by atoms with Crippen LogP contribution in [0.15, 0.2) is 22.0 Å². The number of hydrogen-bond donors (Lipinski definition) is 1. The van der Waals surface area contributed by atoms with Gasteiger partial charge in [0.25, 0.3) is 20.3 Å². The highest BCUT2D eigenvalue weighted by Gasteiger charge is 2.19. The fraction of sp³-hybridized carbons (Fsp3) is 0. The van der Waals surface area contributed by atoms with E-state index < -0.39 is 30.1 Å². The second-order valence-electron chi connectivity index (χ2n) is 2.25. The van der Waals surface area contributed by atoms with Crippen molar-refractivity contribution in [3.63, 3.8) is 0 Å². The minimum Gasteiger partial charge on any atom is -0.322 e. The molecule has 76 valence electrons. The molecule has 0 bridgehead atoms. The molecule has 0 aliphatic rings. The first kappa shape index (κ1) is 10.7. The molecule has 0 amide bonds. The van der Waals surface area contributed by atoms with Crippen molar-refractivity contribution < 1.29 is 13.3 Å². The molecule has 7 nitrogen and oxygen atoms in total. The number of nitro groups is 1. The smallest absolute Gasteiger partial charge is 0.286 e. The first-order chi connectivity index (χ1) is 6.32. The molecule has 0 saturated heterocycles. The summed E-state index contributed by atoms with van der Waals surface area (Å²) in [5, 5.41) is 10.2. The largest absolute Gasteiger partial charge is 0.322 e. The van der Waals surface area contributed by atoms with Gasteiger partial charge in [-0.1, -0.05) is 0 Å². The Morgan fingerprint density at radius 1 is 1.50 bits per heavy atom. The van der Waals surface area contributed by atoms with Gasteiger partial charge in [0.05, 0.1) is 11.1 Å². The van der Waals surface area contributed by atoms with Crippen LogP contribution >= 0.6 is 10.7 Å². The molecule has 1 aromatic heterocycles. The van der Waals surface area contributed by atoms with Crippen molar-refractivity contribution in [2.45, 2.75) is 4.90 Å². The average molecular weight is 239 g/mol. The van der Waals surface area contributed by atoms with Crippen LogP contribution in [0.3, 0.4) is 0 Å². The minimum atomic E-state index is -4.27. The molecule has 1 aromatic rings. The minimum absolute atomic E-state index is 0.552. The summed E-state index contributed by atoms with van der Waals surface area (Å²) in [4.78, 5) is 21.3. The zero-order valence-corrected chi connectivity index (χ0v) is 8.00. The molecule has 9 heteroatoms. The Morgan fingerprint density at radius 3 is 2.50 bits per heavy atom. The molecule has 0 aliphatic carbocycles. The quantitative estimate of drug-likeness (QED) is 0.450. The van der Waals surface area contributed by atoms with Crippen LogP contribution in [0, 0.1) is 10.1 Å². The lowest BCUT2D eigenvalue weighted by molar-refractivity contribution is -0.385. The summed E-state index contributed by atoms with van der Waals surface area (Å²) in [6.07, 6.45) is 0.786. The van der Waals surface area contributed by atoms with Crippen LogP contribution in [0.2, 0.25) is 0 Å². The van der Waals surface area contributed by atoms with Gasteiger partial charge in [-0.05, 0) is 0 Å². The standard InChI is InChI=1S/C5H3ClN2O5S/c6-14(12,13)4-1-3(8(10)11)2-7-5(4)9/h1-2H,(H,7,9). The SMILES string of the molecule is O=c1[nH]cc([N+](=O)[O-])cc1S(=O)(=O)Cl. The van der Waals surface area contributed by atoms with Crippen molar-refractivity contribution in [1.29, 1.82) is 0 Å². The number of H-pyrrole nitrogens is 1. The molecule has 1 N–H and O–H groups in total. The summed E-state index contributed by atoms with van der Waals surface area (Å²) in [6.45, 7) is 0. The van der Waals surface area contributed by atoms with Crippen molar-refractivity contribution in [3.8, 4) is 0 Å². The van der Waals surface area contributed by atoms with E-state index in [-0.39, 0.29) is 0 Å². The monoisotopic (exact) mass is 238 g/mol. The number of rotatable bonds is 2. The zero-order chi connectivity index (χ0) is 10.9. The number of aromatic amines is 1. The van der Waals surface area contributed by atoms with Crippen molar-refractivity contribution in [3.05, 3.63) is 32.7 Å². The normalized spacial score (nSPS) is 11.2. The second kappa shape index (κ2) is 3.39. The summed E-state index contributed by atoms with van der Waals surface area (Å²) >= 11 is 0. The van der Waals surface area contributed by atoms with Crippen molar-refractivity contribution >= 4 is 25.4 Å². The van der Waals surface area contributed by atoms with E-state index in [1.54, 1.807) is 0 Å². The molecule has 0 saturated carbocycles. The Bertz CT molecular complexity index is 533. The van der Waals surface area contributed by atoms with Gasteiger partial charge in [-0.25, -0.2) is 8.42 Å². The summed E-state index contributed by atoms with van der Waals surface area (Å²) < 4.78 is 21.5. The number of pyridine rings is 1. The Kier molecular flexibility index (Phi) is 2.58. The molecule has 0 unspecified atom stereocenters. The maximum Gasteiger partial charge on any atom is 0.286 e. The maximum absolute atomic E-state index is 10.9. The van der Waals surface area contributed by atoms with Gasteiger partial charge in [0.1, 0.15) is 0 Å². The topological polar surface area (TPSA) is 110 Å². The van der Waals surface area contributed by atoms with Gasteiger partial charge < -0.3 is 4.98 Å². The maximum atomic E-state index is 10.9. The molecule has 1 heterocycles. The predicted octanol–water partition coefficient (Wildman–Crippen LogP) is 0.211. The second-order valence-corrected chi connectivity index (χ2v) is 4.78. The third-order valence-electron chi connectivity index (χ3n) is 1.33. The fourth-order valence-corrected chi connectivity index (χ4v) is 1.62. The van der Waals surface area contributed by atoms with Gasteiger partial charge in [-0.15, -0.1) is 0 Å². The predicted molar refractivity (Wildman–Crippen MR) is 46.8 cm³/mol. The van der Waals surface area contributed by atoms with Crippen LogP contribution in [0.1, 0.15) is 0 Å². The van der Waals surface area contributed by atoms with E-state index >= 15 is 0 Å². The molecule has 0 spiro atoms. The third kappa shape index (κ3) is 2.09. The molecule has 0 aliphatic heterocycles. The van der Waals surface area contributed by atoms with Crippen LogP contribution < -0.4 is 5.56 Å². The molecule has 14 heavy (non-hydrogen) atoms. The highest BCUT2D eigenvalue weighted by molar-refractivity contribution is 8.13. The first-order valence-corrected chi connectivity index (χ1v) is 5.45. The lowest BCUT2D eigenvalue weighted by Gasteiger charge is -1.94. The summed E-state index contributed by atoms with van der Waals surface area (Å²) in [5.74, 6) is 0. The number of nitrogens with zero attached hydrogens (tertiary/aromatic N) is 1. The van der Waals surface area contributed by atoms with Gasteiger partial charge in [0, 0.05) is 16.7 Å². The molecule has 1 rings (SSSR count). The fourth-order valence-electron chi connectivity index (χ4n) is 0.739. The van der Waals surface area contributed by atoms with Crippen LogP contribution in [0.4, 0.5) is 5.69 Å². The van der Waals surface area contributed by atoms with Crippen LogP contribution in [0.5, 0.6) is 0 Å². The average Bonchev–Trinajstić information content (AvgIpc) is 2.02. The lowest BCUT2D eigenvalue weighted by Crippen LogP contribution is -2.14. The summed E-state index contributed by atoms with van der Waals surface area (Å²) in [6, 6.07) is 0.598. The van der Waals surface area contributed by atoms with E-state index in [1.165, 1.54) is 0 Å². The van der Waals surface area contributed by atoms with E-state index in [4.69, 9.17) is 10.7 Å². The molecule has 0 atom stereocenters. The van der Waals surface area contributed by atoms with E-state index in [9.17, 15) is 23.3 Å². The van der Waals surface area contributed by atoms with Crippen LogP contribution in [0.25, 0.3) is 0 Å². The van der Waals surface area contributed by atoms with E-state index in [0.717, 1.165) is 6.20 Å². The highest BCUT2D eigenvalue weighted by Crippen LogP contribution is 2.15. The Balaban J connectivity index is 3.53. The Labute approximate surface area is 81.9 Å². The summed E-state index contributed by atoms with van der Waals surface area (Å²) in [5.41, 5.74) is -1.55. The summed E-state index contributed by atoms with van der Waals surface area (Å²) in [7, 11) is 0.605. The van der Waals surface area contributed by atoms with E-state index in [0.29, 0.717) is 6.07 Å². The number of hydrogen-bond acceptors (Lipinski definition) is 5. The van der Waals surface area contributed by atoms with Gasteiger partial charge in [-0.2, -0.15) is 0 Å². The van der Waals surface area contributed by atoms with Crippen molar-refractivity contribution in [2.75, 3.05) is 0 Å². The molecular weight excluding hydrogens is 236 g/mol. The Hall–Kier alpha value is -1.41. The van der Waals surface area contributed by atoms with Crippen LogP contribution in [-0.2, 0) is 9.05 Å². The molecule has 0 aromatic carbocycles. The van der Waals surface area contributed by atoms with Crippen molar-refractivity contribution in [1.82, 2.24) is 4.98 Å². The zero-order valence-electron chi connectivity index (χ0n) is 6.43. The first-order valence-electron chi connectivity index (χ1n) is 3.14.